The van der Waals surface area contributed by atoms with Crippen molar-refractivity contribution in [3.05, 3.63) is 215 Å². The van der Waals surface area contributed by atoms with Crippen LogP contribution in [0.25, 0.3) is 66.5 Å². The van der Waals surface area contributed by atoms with Crippen LogP contribution in [0, 0.1) is 76.2 Å². The standard InChI is InChI=1S/C30H34ClN3O3.C29H32ClN3O3.C23H27ClN2O3/c1-17-10-9-11-23(32-17)16-34-20(4)18(2)24-26(21-12-14-22(31)15-13-21)25(19(3)33-28(24)34)27(29(35)36-8)37-30(5,6)7;1-16-9-8-10-22(31-16)15-33-19(4)17(2)23-25(20-11-13-21(30)14-12-20)24(18(3)32-27(23)33)26(28(34)35)36-29(5,6)7;1-12-13(2)25-21-17(12)19(15-8-10-16(24)11-9-15)18(14(3)26-21)20(22(27)28-7)29-23(4,5)6/h9-15,27H,16H2,1-8H3;8-14,26H,15H2,1-7H3,(H,34,35);8-11,20H,1-7H3,(H,25,26). The number of nitrogens with zero attached hydrogens (tertiary/aromatic N) is 7. The molecule has 3 atom stereocenters. The van der Waals surface area contributed by atoms with E-state index >= 15 is 0 Å². The van der Waals surface area contributed by atoms with Crippen LogP contribution < -0.4 is 0 Å². The highest BCUT2D eigenvalue weighted by Crippen LogP contribution is 2.46. The van der Waals surface area contributed by atoms with E-state index in [1.807, 2.05) is 220 Å². The van der Waals surface area contributed by atoms with E-state index in [2.05, 4.69) is 46.8 Å². The van der Waals surface area contributed by atoms with Gasteiger partial charge in [-0.2, -0.15) is 0 Å². The highest BCUT2D eigenvalue weighted by molar-refractivity contribution is 6.31. The lowest BCUT2D eigenvalue weighted by atomic mass is 9.91. The summed E-state index contributed by atoms with van der Waals surface area (Å²) in [6.45, 7) is 40.2. The molecule has 0 saturated heterocycles. The maximum absolute atomic E-state index is 13.1. The Morgan fingerprint density at radius 2 is 0.765 bits per heavy atom. The van der Waals surface area contributed by atoms with Gasteiger partial charge in [0, 0.05) is 110 Å². The average Bonchev–Trinajstić information content (AvgIpc) is 1.55. The Morgan fingerprint density at radius 3 is 1.09 bits per heavy atom. The molecule has 8 heterocycles. The molecule has 0 fully saturated rings. The average molecular weight is 1440 g/mol. The lowest BCUT2D eigenvalue weighted by molar-refractivity contribution is -0.164. The summed E-state index contributed by atoms with van der Waals surface area (Å²) >= 11 is 18.6. The Hall–Kier alpha value is -8.81. The minimum absolute atomic E-state index is 0.454. The van der Waals surface area contributed by atoms with Gasteiger partial charge in [0.25, 0.3) is 0 Å². The molecule has 0 bridgehead atoms. The molecule has 3 aromatic carbocycles. The number of halogens is 3. The van der Waals surface area contributed by atoms with Gasteiger partial charge in [0.15, 0.2) is 18.3 Å². The first-order valence-electron chi connectivity index (χ1n) is 33.9. The number of esters is 2. The van der Waals surface area contributed by atoms with Crippen molar-refractivity contribution in [3.8, 4) is 33.4 Å². The van der Waals surface area contributed by atoms with Crippen LogP contribution in [0.5, 0.6) is 0 Å². The van der Waals surface area contributed by atoms with Crippen LogP contribution in [0.3, 0.4) is 0 Å². The number of methoxy groups -OCH3 is 2. The van der Waals surface area contributed by atoms with Gasteiger partial charge >= 0.3 is 17.9 Å². The summed E-state index contributed by atoms with van der Waals surface area (Å²) in [5.41, 5.74) is 20.1. The third-order valence-electron chi connectivity index (χ3n) is 17.8. The third kappa shape index (κ3) is 17.1. The minimum Gasteiger partial charge on any atom is -0.479 e. The Balaban J connectivity index is 0.000000179. The number of fused-ring (bicyclic) bond motifs is 3. The molecule has 20 heteroatoms. The van der Waals surface area contributed by atoms with Gasteiger partial charge in [0.1, 0.15) is 16.9 Å². The first-order chi connectivity index (χ1) is 47.8. The number of ether oxygens (including phenoxy) is 5. The van der Waals surface area contributed by atoms with Crippen LogP contribution in [0.15, 0.2) is 109 Å². The van der Waals surface area contributed by atoms with Crippen molar-refractivity contribution in [1.82, 2.24) is 39.0 Å². The number of carboxylic acids is 1. The van der Waals surface area contributed by atoms with Gasteiger partial charge in [-0.25, -0.2) is 29.3 Å². The Morgan fingerprint density at radius 1 is 0.441 bits per heavy atom. The maximum atomic E-state index is 13.1. The van der Waals surface area contributed by atoms with E-state index in [0.29, 0.717) is 61.9 Å². The zero-order chi connectivity index (χ0) is 74.9. The summed E-state index contributed by atoms with van der Waals surface area (Å²) < 4.78 is 33.3. The van der Waals surface area contributed by atoms with Crippen molar-refractivity contribution < 1.29 is 43.2 Å². The molecule has 0 saturated carbocycles. The first-order valence-corrected chi connectivity index (χ1v) is 35.0. The Kier molecular flexibility index (Phi) is 23.5. The van der Waals surface area contributed by atoms with Crippen LogP contribution >= 0.6 is 34.8 Å². The number of rotatable bonds is 16. The molecule has 0 aliphatic heterocycles. The van der Waals surface area contributed by atoms with Gasteiger partial charge in [-0.15, -0.1) is 0 Å². The van der Waals surface area contributed by atoms with E-state index in [-0.39, 0.29) is 0 Å². The quantitative estimate of drug-likeness (QED) is 0.0863. The number of aliphatic carboxylic acids is 1. The monoisotopic (exact) mass is 1440 g/mol. The van der Waals surface area contributed by atoms with E-state index in [1.54, 1.807) is 0 Å². The van der Waals surface area contributed by atoms with E-state index in [0.717, 1.165) is 123 Å². The second-order valence-corrected chi connectivity index (χ2v) is 30.1. The predicted octanol–water partition coefficient (Wildman–Crippen LogP) is 19.9. The summed E-state index contributed by atoms with van der Waals surface area (Å²) in [5.74, 6) is -1.97. The number of benzene rings is 3. The number of carbonyl (C=O) groups excluding carboxylic acids is 2. The zero-order valence-corrected chi connectivity index (χ0v) is 64.8. The van der Waals surface area contributed by atoms with Crippen molar-refractivity contribution in [2.75, 3.05) is 14.2 Å². The fourth-order valence-corrected chi connectivity index (χ4v) is 13.4. The van der Waals surface area contributed by atoms with Crippen molar-refractivity contribution >= 4 is 85.8 Å². The summed E-state index contributed by atoms with van der Waals surface area (Å²) in [7, 11) is 2.75. The van der Waals surface area contributed by atoms with Crippen molar-refractivity contribution in [2.24, 2.45) is 0 Å². The van der Waals surface area contributed by atoms with E-state index in [4.69, 9.17) is 78.4 Å². The summed E-state index contributed by atoms with van der Waals surface area (Å²) in [5, 5.41) is 15.0. The van der Waals surface area contributed by atoms with Gasteiger partial charge in [0.05, 0.1) is 55.5 Å². The number of hydrogen-bond donors (Lipinski definition) is 2. The highest BCUT2D eigenvalue weighted by Gasteiger charge is 2.38. The molecule has 11 rings (SSSR count). The number of carbonyl (C=O) groups is 3. The van der Waals surface area contributed by atoms with Crippen LogP contribution in [0.2, 0.25) is 15.1 Å². The molecular weight excluding hydrogens is 1350 g/mol. The molecule has 3 unspecified atom stereocenters. The SMILES string of the molecule is COC(=O)C(OC(C)(C)C)c1c(C)nc2[nH]c(C)c(C)c2c1-c1ccc(Cl)cc1.COC(=O)C(OC(C)(C)C)c1c(C)nc2c(c(C)c(C)n2Cc2cccc(C)n2)c1-c1ccc(Cl)cc1.Cc1cccc(Cn2c(C)c(C)c3c(-c4ccc(Cl)cc4)c(C(OC(C)(C)C)C(=O)O)c(C)nc32)n1. The first kappa shape index (κ1) is 77.4. The molecule has 0 aliphatic rings. The van der Waals surface area contributed by atoms with Gasteiger partial charge in [-0.05, 0) is 233 Å². The van der Waals surface area contributed by atoms with Gasteiger partial charge in [-0.3, -0.25) is 9.97 Å². The summed E-state index contributed by atoms with van der Waals surface area (Å²) in [6.07, 6.45) is -3.04. The van der Waals surface area contributed by atoms with Crippen LogP contribution in [0.4, 0.5) is 0 Å². The number of aryl methyl sites for hydroxylation is 9. The van der Waals surface area contributed by atoms with Crippen LogP contribution in [-0.4, -0.2) is 93.1 Å². The normalized spacial score (nSPS) is 12.8. The number of aromatic amines is 1. The second kappa shape index (κ2) is 31.0. The Labute approximate surface area is 613 Å². The minimum atomic E-state index is -1.19. The molecule has 8 aromatic heterocycles. The molecule has 2 N–H and O–H groups in total. The molecule has 536 valence electrons. The molecule has 0 spiro atoms. The van der Waals surface area contributed by atoms with Crippen molar-refractivity contribution in [1.29, 1.82) is 0 Å². The third-order valence-corrected chi connectivity index (χ3v) is 18.6. The molecule has 0 radical (unpaired) electrons. The molecule has 0 aliphatic carbocycles. The number of pyridine rings is 5. The van der Waals surface area contributed by atoms with Crippen molar-refractivity contribution in [2.45, 2.75) is 187 Å². The van der Waals surface area contributed by atoms with E-state index in [1.165, 1.54) is 14.2 Å². The van der Waals surface area contributed by atoms with E-state index < -0.39 is 53.0 Å². The maximum Gasteiger partial charge on any atom is 0.339 e. The Bertz CT molecular complexity index is 4960. The largest absolute Gasteiger partial charge is 0.479 e. The summed E-state index contributed by atoms with van der Waals surface area (Å²) in [6, 6.07) is 34.7. The van der Waals surface area contributed by atoms with Crippen molar-refractivity contribution in [3.63, 3.8) is 0 Å². The zero-order valence-electron chi connectivity index (χ0n) is 62.5. The number of aromatic nitrogens is 8. The fourth-order valence-electron chi connectivity index (χ4n) is 13.0. The van der Waals surface area contributed by atoms with Gasteiger partial charge < -0.3 is 42.9 Å². The van der Waals surface area contributed by atoms with Crippen LogP contribution in [-0.2, 0) is 51.2 Å². The smallest absolute Gasteiger partial charge is 0.339 e. The van der Waals surface area contributed by atoms with Gasteiger partial charge in [-0.1, -0.05) is 83.3 Å². The number of hydrogen-bond acceptors (Lipinski definition) is 13. The summed E-state index contributed by atoms with van der Waals surface area (Å²) in [4.78, 5) is 66.0. The van der Waals surface area contributed by atoms with E-state index in [9.17, 15) is 19.5 Å². The molecule has 102 heavy (non-hydrogen) atoms. The number of carboxylic acid groups (broad SMARTS) is 1. The molecule has 17 nitrogen and oxygen atoms in total. The molecule has 11 aromatic rings. The van der Waals surface area contributed by atoms with Gasteiger partial charge in [0.2, 0.25) is 0 Å². The topological polar surface area (TPSA) is 208 Å². The van der Waals surface area contributed by atoms with Crippen LogP contribution in [0.1, 0.15) is 171 Å². The number of nitrogens with one attached hydrogen (secondary N) is 1. The highest BCUT2D eigenvalue weighted by atomic mass is 35.5. The molecule has 0 amide bonds. The predicted molar refractivity (Wildman–Crippen MR) is 408 cm³/mol. The lowest BCUT2D eigenvalue weighted by Crippen LogP contribution is -2.29. The number of H-pyrrole nitrogens is 1. The fraction of sp³-hybridized carbons (Fsp3) is 0.366. The molecular formula is C82H93Cl3N8O9. The second-order valence-electron chi connectivity index (χ2n) is 28.8. The lowest BCUT2D eigenvalue weighted by Gasteiger charge is -2.29.